The van der Waals surface area contributed by atoms with Gasteiger partial charge in [0.15, 0.2) is 5.76 Å². The van der Waals surface area contributed by atoms with E-state index in [0.717, 1.165) is 0 Å². The number of Topliss-reactive ketones (excluding diaryl/α,β-unsaturated/α-hetero) is 1. The fourth-order valence-electron chi connectivity index (χ4n) is 2.78. The molecule has 0 bridgehead atoms. The van der Waals surface area contributed by atoms with Crippen LogP contribution in [0.1, 0.15) is 21.5 Å². The lowest BCUT2D eigenvalue weighted by Gasteiger charge is -2.08. The van der Waals surface area contributed by atoms with Crippen molar-refractivity contribution in [2.24, 2.45) is 0 Å². The van der Waals surface area contributed by atoms with E-state index in [1.807, 2.05) is 0 Å². The van der Waals surface area contributed by atoms with Crippen LogP contribution in [-0.4, -0.2) is 5.78 Å². The van der Waals surface area contributed by atoms with Crippen molar-refractivity contribution in [2.45, 2.75) is 6.61 Å². The average molecular weight is 364 g/mol. The molecule has 0 spiro atoms. The van der Waals surface area contributed by atoms with Gasteiger partial charge in [0.1, 0.15) is 29.7 Å². The van der Waals surface area contributed by atoms with Crippen molar-refractivity contribution in [1.29, 1.82) is 0 Å². The number of halogens is 2. The Labute approximate surface area is 154 Å². The van der Waals surface area contributed by atoms with Crippen LogP contribution in [0.5, 0.6) is 11.5 Å². The van der Waals surface area contributed by atoms with E-state index in [2.05, 4.69) is 0 Å². The van der Waals surface area contributed by atoms with Gasteiger partial charge in [0.05, 0.1) is 5.56 Å². The molecule has 5 heteroatoms. The first-order valence-corrected chi connectivity index (χ1v) is 8.30. The number of carbonyl (C=O) groups is 1. The molecule has 27 heavy (non-hydrogen) atoms. The minimum atomic E-state index is -0.392. The Morgan fingerprint density at radius 1 is 0.963 bits per heavy atom. The maximum atomic E-state index is 13.7. The molecule has 134 valence electrons. The van der Waals surface area contributed by atoms with Crippen molar-refractivity contribution in [1.82, 2.24) is 0 Å². The number of hydrogen-bond donors (Lipinski definition) is 0. The number of fused-ring (bicyclic) bond motifs is 1. The standard InChI is InChI=1S/C22H14F2O3/c23-16-6-3-4-14(10-16)11-21-22(25)18-9-8-17(12-20(18)27-21)26-13-15-5-1-2-7-19(15)24/h1-12H,13H2. The molecule has 1 heterocycles. The van der Waals surface area contributed by atoms with Gasteiger partial charge in [-0.15, -0.1) is 0 Å². The van der Waals surface area contributed by atoms with Crippen LogP contribution < -0.4 is 9.47 Å². The lowest BCUT2D eigenvalue weighted by Crippen LogP contribution is -1.98. The van der Waals surface area contributed by atoms with E-state index in [1.54, 1.807) is 48.5 Å². The molecular formula is C22H14F2O3. The topological polar surface area (TPSA) is 35.5 Å². The summed E-state index contributed by atoms with van der Waals surface area (Å²) in [6.07, 6.45) is 1.49. The van der Waals surface area contributed by atoms with Gasteiger partial charge in [0.2, 0.25) is 5.78 Å². The number of ketones is 1. The van der Waals surface area contributed by atoms with Gasteiger partial charge in [0.25, 0.3) is 0 Å². The zero-order valence-electron chi connectivity index (χ0n) is 14.1. The summed E-state index contributed by atoms with van der Waals surface area (Å²) in [5.74, 6) is -0.0937. The van der Waals surface area contributed by atoms with Crippen LogP contribution in [0.4, 0.5) is 8.78 Å². The highest BCUT2D eigenvalue weighted by molar-refractivity contribution is 6.14. The minimum absolute atomic E-state index is 0.0609. The third-order valence-electron chi connectivity index (χ3n) is 4.14. The Hall–Kier alpha value is -3.47. The Balaban J connectivity index is 1.53. The van der Waals surface area contributed by atoms with Gasteiger partial charge in [-0.25, -0.2) is 8.78 Å². The molecule has 0 radical (unpaired) electrons. The number of benzene rings is 3. The highest BCUT2D eigenvalue weighted by atomic mass is 19.1. The SMILES string of the molecule is O=C1C(=Cc2cccc(F)c2)Oc2cc(OCc3ccccc3F)ccc21. The molecule has 0 saturated carbocycles. The highest BCUT2D eigenvalue weighted by Crippen LogP contribution is 2.35. The Morgan fingerprint density at radius 3 is 2.63 bits per heavy atom. The van der Waals surface area contributed by atoms with Gasteiger partial charge in [-0.2, -0.15) is 0 Å². The smallest absolute Gasteiger partial charge is 0.231 e. The first-order valence-electron chi connectivity index (χ1n) is 8.30. The second kappa shape index (κ2) is 7.03. The summed E-state index contributed by atoms with van der Waals surface area (Å²) < 4.78 is 38.2. The number of ether oxygens (including phenoxy) is 2. The van der Waals surface area contributed by atoms with Crippen LogP contribution in [0.25, 0.3) is 6.08 Å². The monoisotopic (exact) mass is 364 g/mol. The van der Waals surface area contributed by atoms with Crippen molar-refractivity contribution in [2.75, 3.05) is 0 Å². The first-order chi connectivity index (χ1) is 13.1. The quantitative estimate of drug-likeness (QED) is 0.600. The number of rotatable bonds is 4. The Bertz CT molecular complexity index is 1060. The lowest BCUT2D eigenvalue weighted by molar-refractivity contribution is 0.101. The number of hydrogen-bond acceptors (Lipinski definition) is 3. The molecule has 1 aliphatic rings. The largest absolute Gasteiger partial charge is 0.489 e. The van der Waals surface area contributed by atoms with E-state index >= 15 is 0 Å². The van der Waals surface area contributed by atoms with Crippen LogP contribution in [0.15, 0.2) is 72.5 Å². The molecular weight excluding hydrogens is 350 g/mol. The Kier molecular flexibility index (Phi) is 4.42. The van der Waals surface area contributed by atoms with E-state index in [9.17, 15) is 13.6 Å². The molecule has 1 aliphatic heterocycles. The summed E-state index contributed by atoms with van der Waals surface area (Å²) >= 11 is 0. The summed E-state index contributed by atoms with van der Waals surface area (Å²) in [5.41, 5.74) is 1.36. The summed E-state index contributed by atoms with van der Waals surface area (Å²) in [4.78, 5) is 12.4. The zero-order chi connectivity index (χ0) is 18.8. The third-order valence-corrected chi connectivity index (χ3v) is 4.14. The molecule has 0 N–H and O–H groups in total. The molecule has 3 aromatic rings. The van der Waals surface area contributed by atoms with Gasteiger partial charge in [-0.3, -0.25) is 4.79 Å². The van der Waals surface area contributed by atoms with E-state index in [-0.39, 0.29) is 24.0 Å². The van der Waals surface area contributed by atoms with Gasteiger partial charge >= 0.3 is 0 Å². The van der Waals surface area contributed by atoms with Crippen LogP contribution >= 0.6 is 0 Å². The normalized spacial score (nSPS) is 14.1. The summed E-state index contributed by atoms with van der Waals surface area (Å²) in [6, 6.07) is 17.0. The Morgan fingerprint density at radius 2 is 1.81 bits per heavy atom. The van der Waals surface area contributed by atoms with Crippen molar-refractivity contribution in [3.63, 3.8) is 0 Å². The highest BCUT2D eigenvalue weighted by Gasteiger charge is 2.27. The third kappa shape index (κ3) is 3.58. The summed E-state index contributed by atoms with van der Waals surface area (Å²) in [7, 11) is 0. The van der Waals surface area contributed by atoms with Gasteiger partial charge < -0.3 is 9.47 Å². The molecule has 4 rings (SSSR count). The predicted octanol–water partition coefficient (Wildman–Crippen LogP) is 5.16. The lowest BCUT2D eigenvalue weighted by atomic mass is 10.1. The average Bonchev–Trinajstić information content (AvgIpc) is 2.96. The van der Waals surface area contributed by atoms with E-state index in [0.29, 0.717) is 28.2 Å². The zero-order valence-corrected chi connectivity index (χ0v) is 14.1. The minimum Gasteiger partial charge on any atom is -0.489 e. The predicted molar refractivity (Wildman–Crippen MR) is 96.5 cm³/mol. The van der Waals surface area contributed by atoms with Gasteiger partial charge in [-0.1, -0.05) is 30.3 Å². The molecule has 3 aromatic carbocycles. The summed E-state index contributed by atoms with van der Waals surface area (Å²) in [5, 5.41) is 0. The van der Waals surface area contributed by atoms with Crippen LogP contribution in [0.3, 0.4) is 0 Å². The summed E-state index contributed by atoms with van der Waals surface area (Å²) in [6.45, 7) is 0.0609. The van der Waals surface area contributed by atoms with Gasteiger partial charge in [0, 0.05) is 11.6 Å². The van der Waals surface area contributed by atoms with Crippen LogP contribution in [0, 0.1) is 11.6 Å². The molecule has 0 unspecified atom stereocenters. The maximum Gasteiger partial charge on any atom is 0.231 e. The van der Waals surface area contributed by atoms with E-state index < -0.39 is 5.82 Å². The molecule has 0 aliphatic carbocycles. The fourth-order valence-corrected chi connectivity index (χ4v) is 2.78. The van der Waals surface area contributed by atoms with Crippen molar-refractivity contribution >= 4 is 11.9 Å². The van der Waals surface area contributed by atoms with E-state index in [1.165, 1.54) is 24.3 Å². The molecule has 0 amide bonds. The molecule has 0 fully saturated rings. The number of allylic oxidation sites excluding steroid dienone is 1. The first kappa shape index (κ1) is 17.0. The molecule has 0 aromatic heterocycles. The second-order valence-electron chi connectivity index (χ2n) is 6.03. The number of carbonyl (C=O) groups excluding carboxylic acids is 1. The molecule has 0 atom stereocenters. The van der Waals surface area contributed by atoms with Crippen molar-refractivity contribution in [3.8, 4) is 11.5 Å². The molecule has 0 saturated heterocycles. The fraction of sp³-hybridized carbons (Fsp3) is 0.0455. The van der Waals surface area contributed by atoms with Gasteiger partial charge in [-0.05, 0) is 42.0 Å². The maximum absolute atomic E-state index is 13.7. The van der Waals surface area contributed by atoms with Crippen molar-refractivity contribution in [3.05, 3.63) is 101 Å². The van der Waals surface area contributed by atoms with E-state index in [4.69, 9.17) is 9.47 Å². The van der Waals surface area contributed by atoms with Crippen LogP contribution in [-0.2, 0) is 6.61 Å². The van der Waals surface area contributed by atoms with Crippen LogP contribution in [0.2, 0.25) is 0 Å². The second-order valence-corrected chi connectivity index (χ2v) is 6.03. The van der Waals surface area contributed by atoms with Crippen molar-refractivity contribution < 1.29 is 23.0 Å². The molecule has 3 nitrogen and oxygen atoms in total.